The van der Waals surface area contributed by atoms with Crippen molar-refractivity contribution in [1.29, 1.82) is 0 Å². The Kier molecular flexibility index (Phi) is 9.20. The number of rotatable bonds is 7. The molecular weight excluding hydrogens is 300 g/mol. The Balaban J connectivity index is 3.95. The molecule has 0 aromatic heterocycles. The molecule has 0 heterocycles. The fraction of sp³-hybridized carbons (Fsp3) is 1.00. The fourth-order valence-corrected chi connectivity index (χ4v) is 4.39. The highest BCUT2D eigenvalue weighted by Crippen LogP contribution is 2.33. The van der Waals surface area contributed by atoms with E-state index in [1.165, 1.54) is 0 Å². The van der Waals surface area contributed by atoms with E-state index >= 15 is 0 Å². The van der Waals surface area contributed by atoms with Gasteiger partial charge in [-0.25, -0.2) is 0 Å². The monoisotopic (exact) mass is 328 g/mol. The van der Waals surface area contributed by atoms with Crippen LogP contribution >= 0.6 is 48.7 Å². The molecule has 0 aliphatic rings. The lowest BCUT2D eigenvalue weighted by molar-refractivity contribution is 0.411. The lowest BCUT2D eigenvalue weighted by atomic mass is 10.1. The van der Waals surface area contributed by atoms with Crippen molar-refractivity contribution >= 4 is 48.7 Å². The van der Waals surface area contributed by atoms with E-state index in [-0.39, 0.29) is 11.1 Å². The molecule has 0 saturated heterocycles. The average Bonchev–Trinajstić information content (AvgIpc) is 2.19. The first kappa shape index (κ1) is 19.3. The summed E-state index contributed by atoms with van der Waals surface area (Å²) in [5.41, 5.74) is 0.320. The van der Waals surface area contributed by atoms with Crippen LogP contribution in [0.4, 0.5) is 0 Å². The summed E-state index contributed by atoms with van der Waals surface area (Å²) in [6.07, 6.45) is 0. The van der Waals surface area contributed by atoms with Crippen molar-refractivity contribution in [3.63, 3.8) is 0 Å². The maximum absolute atomic E-state index is 4.50. The quantitative estimate of drug-likeness (QED) is 0.398. The highest BCUT2D eigenvalue weighted by atomic mass is 32.2. The predicted octanol–water partition coefficient (Wildman–Crippen LogP) is 5.00. The summed E-state index contributed by atoms with van der Waals surface area (Å²) in [6.45, 7) is 15.5. The minimum atomic E-state index is 0.111. The van der Waals surface area contributed by atoms with Gasteiger partial charge < -0.3 is 0 Å². The van der Waals surface area contributed by atoms with Crippen molar-refractivity contribution in [3.8, 4) is 0 Å². The third kappa shape index (κ3) is 8.48. The van der Waals surface area contributed by atoms with Gasteiger partial charge in [0.25, 0.3) is 0 Å². The molecular formula is C12H28N2S4. The van der Waals surface area contributed by atoms with E-state index < -0.39 is 0 Å². The topological polar surface area (TPSA) is 6.48 Å². The van der Waals surface area contributed by atoms with Crippen molar-refractivity contribution in [2.45, 2.75) is 59.5 Å². The van der Waals surface area contributed by atoms with Crippen molar-refractivity contribution in [1.82, 2.24) is 7.42 Å². The average molecular weight is 329 g/mol. The third-order valence-corrected chi connectivity index (χ3v) is 7.10. The predicted molar refractivity (Wildman–Crippen MR) is 95.2 cm³/mol. The van der Waals surface area contributed by atoms with Gasteiger partial charge in [0, 0.05) is 28.3 Å². The van der Waals surface area contributed by atoms with E-state index in [9.17, 15) is 0 Å². The molecule has 0 fully saturated rings. The smallest absolute Gasteiger partial charge is 0.0341 e. The maximum Gasteiger partial charge on any atom is 0.0341 e. The minimum Gasteiger partial charge on any atom is -0.192 e. The number of nitrogens with zero attached hydrogens (tertiary/aromatic N) is 2. The van der Waals surface area contributed by atoms with Crippen LogP contribution in [0.25, 0.3) is 0 Å². The van der Waals surface area contributed by atoms with Crippen LogP contribution in [0.15, 0.2) is 0 Å². The van der Waals surface area contributed by atoms with Crippen LogP contribution < -0.4 is 0 Å². The van der Waals surface area contributed by atoms with Crippen LogP contribution in [0, 0.1) is 0 Å². The van der Waals surface area contributed by atoms with Crippen molar-refractivity contribution < 1.29 is 0 Å². The Morgan fingerprint density at radius 2 is 1.33 bits per heavy atom. The van der Waals surface area contributed by atoms with E-state index in [2.05, 4.69) is 65.0 Å². The van der Waals surface area contributed by atoms with E-state index in [1.807, 2.05) is 27.6 Å². The Morgan fingerprint density at radius 1 is 0.833 bits per heavy atom. The summed E-state index contributed by atoms with van der Waals surface area (Å²) in [7, 11) is 0. The molecule has 0 radical (unpaired) electrons. The molecule has 0 aliphatic carbocycles. The van der Waals surface area contributed by atoms with Gasteiger partial charge in [-0.2, -0.15) is 7.42 Å². The second-order valence-corrected chi connectivity index (χ2v) is 10.1. The van der Waals surface area contributed by atoms with E-state index in [4.69, 9.17) is 0 Å². The molecule has 0 aromatic carbocycles. The van der Waals surface area contributed by atoms with Crippen molar-refractivity contribution in [2.24, 2.45) is 0 Å². The van der Waals surface area contributed by atoms with Gasteiger partial charge in [-0.1, -0.05) is 55.6 Å². The number of thiol groups is 1. The van der Waals surface area contributed by atoms with Crippen LogP contribution in [0.3, 0.4) is 0 Å². The van der Waals surface area contributed by atoms with E-state index in [0.717, 1.165) is 17.3 Å². The Bertz CT molecular complexity index is 223. The van der Waals surface area contributed by atoms with Crippen LogP contribution in [0.1, 0.15) is 48.5 Å². The summed E-state index contributed by atoms with van der Waals surface area (Å²) in [6, 6.07) is 0. The first-order valence-electron chi connectivity index (χ1n) is 6.27. The summed E-state index contributed by atoms with van der Waals surface area (Å²) in [4.78, 5) is 0. The number of hydrogen-bond acceptors (Lipinski definition) is 6. The second-order valence-electron chi connectivity index (χ2n) is 5.96. The van der Waals surface area contributed by atoms with Crippen LogP contribution in [-0.2, 0) is 0 Å². The molecule has 0 N–H and O–H groups in total. The Hall–Kier alpha value is 1.32. The lowest BCUT2D eigenvalue weighted by Gasteiger charge is -2.33. The maximum atomic E-state index is 4.50. The first-order chi connectivity index (χ1) is 8.09. The van der Waals surface area contributed by atoms with Crippen LogP contribution in [0.2, 0.25) is 0 Å². The van der Waals surface area contributed by atoms with Crippen LogP contribution in [0.5, 0.6) is 0 Å². The van der Waals surface area contributed by atoms with Gasteiger partial charge in [0.1, 0.15) is 0 Å². The zero-order valence-electron chi connectivity index (χ0n) is 12.7. The Labute approximate surface area is 132 Å². The Morgan fingerprint density at radius 3 is 1.72 bits per heavy atom. The first-order valence-corrected chi connectivity index (χ1v) is 9.50. The minimum absolute atomic E-state index is 0.111. The van der Waals surface area contributed by atoms with Gasteiger partial charge in [-0.05, 0) is 41.5 Å². The lowest BCUT2D eigenvalue weighted by Crippen LogP contribution is -2.32. The summed E-state index contributed by atoms with van der Waals surface area (Å²) >= 11 is 10.1. The highest BCUT2D eigenvalue weighted by Gasteiger charge is 2.22. The molecule has 0 rings (SSSR count). The van der Waals surface area contributed by atoms with Gasteiger partial charge in [-0.3, -0.25) is 0 Å². The zero-order chi connectivity index (χ0) is 14.4. The van der Waals surface area contributed by atoms with Crippen molar-refractivity contribution in [2.75, 3.05) is 17.3 Å². The van der Waals surface area contributed by atoms with Gasteiger partial charge in [0.05, 0.1) is 0 Å². The molecule has 6 heteroatoms. The standard InChI is InChI=1S/C12H28N2S4/c1-8-16-14(12(5,6)7)18-10-9-17-13(15)11(2,3)4/h15H,8-10H2,1-7H3. The molecule has 2 nitrogen and oxygen atoms in total. The summed E-state index contributed by atoms with van der Waals surface area (Å²) < 4.78 is 4.45. The SMILES string of the molecule is CCSN(SCCSN(S)C(C)(C)C)C(C)(C)C. The largest absolute Gasteiger partial charge is 0.192 e. The molecule has 0 aromatic rings. The molecule has 0 spiro atoms. The summed E-state index contributed by atoms with van der Waals surface area (Å²) in [5, 5.41) is 0. The normalized spacial score (nSPS) is 13.7. The molecule has 0 atom stereocenters. The third-order valence-electron chi connectivity index (χ3n) is 1.87. The highest BCUT2D eigenvalue weighted by molar-refractivity contribution is 8.12. The molecule has 0 aliphatic heterocycles. The molecule has 110 valence electrons. The molecule has 18 heavy (non-hydrogen) atoms. The molecule has 0 amide bonds. The fourth-order valence-electron chi connectivity index (χ4n) is 0.979. The van der Waals surface area contributed by atoms with E-state index in [1.54, 1.807) is 11.9 Å². The number of hydrogen-bond donors (Lipinski definition) is 1. The molecule has 0 bridgehead atoms. The zero-order valence-corrected chi connectivity index (χ0v) is 16.0. The van der Waals surface area contributed by atoms with Gasteiger partial charge in [-0.15, -0.1) is 0 Å². The summed E-state index contributed by atoms with van der Waals surface area (Å²) in [5.74, 6) is 3.32. The van der Waals surface area contributed by atoms with Gasteiger partial charge >= 0.3 is 0 Å². The van der Waals surface area contributed by atoms with Crippen LogP contribution in [-0.4, -0.2) is 35.8 Å². The molecule has 0 saturated carbocycles. The van der Waals surface area contributed by atoms with Crippen molar-refractivity contribution in [3.05, 3.63) is 0 Å². The van der Waals surface area contributed by atoms with Gasteiger partial charge in [0.15, 0.2) is 0 Å². The van der Waals surface area contributed by atoms with Gasteiger partial charge in [0.2, 0.25) is 0 Å². The molecule has 0 unspecified atom stereocenters. The van der Waals surface area contributed by atoms with E-state index in [0.29, 0.717) is 0 Å². The second kappa shape index (κ2) is 8.57.